The highest BCUT2D eigenvalue weighted by molar-refractivity contribution is 6.01. The van der Waals surface area contributed by atoms with Gasteiger partial charge in [0.1, 0.15) is 6.54 Å². The number of ketones is 1. The molecule has 1 amide bonds. The second-order valence-corrected chi connectivity index (χ2v) is 5.36. The Morgan fingerprint density at radius 1 is 1.08 bits per heavy atom. The molecule has 0 fully saturated rings. The van der Waals surface area contributed by atoms with Crippen LogP contribution in [0.2, 0.25) is 0 Å². The Morgan fingerprint density at radius 3 is 2.23 bits per heavy atom. The van der Waals surface area contributed by atoms with E-state index in [4.69, 9.17) is 4.74 Å². The van der Waals surface area contributed by atoms with Gasteiger partial charge in [-0.05, 0) is 12.1 Å². The van der Waals surface area contributed by atoms with Gasteiger partial charge < -0.3 is 10.1 Å². The van der Waals surface area contributed by atoms with Crippen molar-refractivity contribution >= 4 is 23.3 Å². The van der Waals surface area contributed by atoms with Crippen LogP contribution in [0.4, 0.5) is 5.69 Å². The minimum Gasteiger partial charge on any atom is -0.448 e. The minimum atomic E-state index is -1.28. The molecule has 1 atom stereocenters. The third-order valence-electron chi connectivity index (χ3n) is 3.43. The molecule has 0 radical (unpaired) electrons. The molecule has 1 N–H and O–H groups in total. The van der Waals surface area contributed by atoms with Crippen LogP contribution in [0.1, 0.15) is 28.9 Å². The summed E-state index contributed by atoms with van der Waals surface area (Å²) >= 11 is 0. The first kappa shape index (κ1) is 18.8. The van der Waals surface area contributed by atoms with Crippen LogP contribution in [0.3, 0.4) is 0 Å². The third-order valence-corrected chi connectivity index (χ3v) is 3.43. The number of esters is 1. The maximum atomic E-state index is 12.7. The van der Waals surface area contributed by atoms with E-state index in [1.807, 2.05) is 0 Å². The van der Waals surface area contributed by atoms with Crippen LogP contribution in [0, 0.1) is 10.1 Å². The van der Waals surface area contributed by atoms with Crippen molar-refractivity contribution in [2.75, 3.05) is 6.54 Å². The van der Waals surface area contributed by atoms with Crippen LogP contribution >= 0.6 is 0 Å². The average Bonchev–Trinajstić information content (AvgIpc) is 2.64. The number of hydrogen-bond acceptors (Lipinski definition) is 6. The summed E-state index contributed by atoms with van der Waals surface area (Å²) in [5.41, 5.74) is 0.466. The zero-order valence-electron chi connectivity index (χ0n) is 13.9. The van der Waals surface area contributed by atoms with Crippen LogP contribution in [0.15, 0.2) is 54.6 Å². The molecule has 8 heteroatoms. The van der Waals surface area contributed by atoms with E-state index in [0.29, 0.717) is 11.1 Å². The van der Waals surface area contributed by atoms with Crippen LogP contribution in [-0.4, -0.2) is 29.1 Å². The van der Waals surface area contributed by atoms with E-state index in [1.165, 1.54) is 31.2 Å². The number of benzene rings is 2. The Labute approximate surface area is 148 Å². The molecule has 0 heterocycles. The minimum absolute atomic E-state index is 0.149. The Kier molecular flexibility index (Phi) is 6.15. The van der Waals surface area contributed by atoms with Crippen LogP contribution < -0.4 is 5.32 Å². The van der Waals surface area contributed by atoms with Gasteiger partial charge in [-0.1, -0.05) is 30.3 Å². The number of amides is 1. The van der Waals surface area contributed by atoms with Gasteiger partial charge in [-0.2, -0.15) is 0 Å². The molecule has 26 heavy (non-hydrogen) atoms. The lowest BCUT2D eigenvalue weighted by atomic mass is 9.99. The summed E-state index contributed by atoms with van der Waals surface area (Å²) in [4.78, 5) is 45.8. The quantitative estimate of drug-likeness (QED) is 0.352. The molecule has 0 aliphatic rings. The highest BCUT2D eigenvalue weighted by Crippen LogP contribution is 2.25. The molecule has 0 unspecified atom stereocenters. The summed E-state index contributed by atoms with van der Waals surface area (Å²) in [5, 5.41) is 13.1. The van der Waals surface area contributed by atoms with Gasteiger partial charge in [0, 0.05) is 30.2 Å². The summed E-state index contributed by atoms with van der Waals surface area (Å²) in [6, 6.07) is 13.4. The smallest absolute Gasteiger partial charge is 0.326 e. The number of nitrogens with zero attached hydrogens (tertiary/aromatic N) is 1. The Morgan fingerprint density at radius 2 is 1.69 bits per heavy atom. The van der Waals surface area contributed by atoms with E-state index in [9.17, 15) is 24.5 Å². The molecule has 0 aliphatic heterocycles. The zero-order chi connectivity index (χ0) is 19.1. The topological polar surface area (TPSA) is 116 Å². The van der Waals surface area contributed by atoms with Crippen molar-refractivity contribution in [1.29, 1.82) is 0 Å². The molecule has 0 aromatic heterocycles. The largest absolute Gasteiger partial charge is 0.448 e. The second kappa shape index (κ2) is 8.52. The standard InChI is InChI=1S/C18H16N2O6/c1-12(21)19-11-16(22)26-18(17(23)13-5-3-2-4-6-13)14-7-9-15(10-8-14)20(24)25/h2-10,18H,11H2,1H3,(H,19,21)/t18-/m0/s1. The van der Waals surface area contributed by atoms with E-state index in [2.05, 4.69) is 5.32 Å². The van der Waals surface area contributed by atoms with Crippen molar-refractivity contribution in [2.45, 2.75) is 13.0 Å². The van der Waals surface area contributed by atoms with Crippen LogP contribution in [0.25, 0.3) is 0 Å². The third kappa shape index (κ3) is 4.97. The van der Waals surface area contributed by atoms with Crippen LogP contribution in [0.5, 0.6) is 0 Å². The fraction of sp³-hybridized carbons (Fsp3) is 0.167. The SMILES string of the molecule is CC(=O)NCC(=O)O[C@H](C(=O)c1ccccc1)c1ccc([N+](=O)[O-])cc1. The molecule has 0 bridgehead atoms. The number of ether oxygens (including phenoxy) is 1. The molecular formula is C18H16N2O6. The normalized spacial score (nSPS) is 11.3. The molecule has 2 aromatic carbocycles. The van der Waals surface area contributed by atoms with Gasteiger partial charge in [0.25, 0.3) is 5.69 Å². The molecule has 134 valence electrons. The summed E-state index contributed by atoms with van der Waals surface area (Å²) < 4.78 is 5.23. The molecular weight excluding hydrogens is 340 g/mol. The predicted octanol–water partition coefficient (Wildman–Crippen LogP) is 2.20. The number of carbonyl (C=O) groups is 3. The van der Waals surface area contributed by atoms with Gasteiger partial charge in [-0.15, -0.1) is 0 Å². The lowest BCUT2D eigenvalue weighted by Gasteiger charge is -2.17. The number of hydrogen-bond donors (Lipinski definition) is 1. The van der Waals surface area contributed by atoms with E-state index in [0.717, 1.165) is 0 Å². The maximum absolute atomic E-state index is 12.7. The zero-order valence-corrected chi connectivity index (χ0v) is 13.9. The highest BCUT2D eigenvalue weighted by Gasteiger charge is 2.26. The van der Waals surface area contributed by atoms with Crippen LogP contribution in [-0.2, 0) is 14.3 Å². The first-order chi connectivity index (χ1) is 12.4. The van der Waals surface area contributed by atoms with E-state index >= 15 is 0 Å². The molecule has 0 saturated heterocycles. The van der Waals surface area contributed by atoms with Gasteiger partial charge in [-0.3, -0.25) is 24.5 Å². The van der Waals surface area contributed by atoms with E-state index in [1.54, 1.807) is 30.3 Å². The van der Waals surface area contributed by atoms with Crippen molar-refractivity contribution in [3.8, 4) is 0 Å². The number of non-ortho nitro benzene ring substituents is 1. The second-order valence-electron chi connectivity index (χ2n) is 5.36. The van der Waals surface area contributed by atoms with E-state index < -0.39 is 28.7 Å². The first-order valence-electron chi connectivity index (χ1n) is 7.66. The lowest BCUT2D eigenvalue weighted by molar-refractivity contribution is -0.384. The number of nitrogens with one attached hydrogen (secondary N) is 1. The van der Waals surface area contributed by atoms with Crippen molar-refractivity contribution in [1.82, 2.24) is 5.32 Å². The molecule has 0 aliphatic carbocycles. The summed E-state index contributed by atoms with van der Waals surface area (Å²) in [5.74, 6) is -1.69. The average molecular weight is 356 g/mol. The van der Waals surface area contributed by atoms with Crippen molar-refractivity contribution < 1.29 is 24.0 Å². The van der Waals surface area contributed by atoms with Gasteiger partial charge >= 0.3 is 5.97 Å². The Bertz CT molecular complexity index is 817. The van der Waals surface area contributed by atoms with Gasteiger partial charge in [0.05, 0.1) is 4.92 Å². The monoisotopic (exact) mass is 356 g/mol. The summed E-state index contributed by atoms with van der Waals surface area (Å²) in [6.07, 6.45) is -1.28. The predicted molar refractivity (Wildman–Crippen MR) is 91.4 cm³/mol. The molecule has 8 nitrogen and oxygen atoms in total. The fourth-order valence-corrected chi connectivity index (χ4v) is 2.17. The Hall–Kier alpha value is -3.55. The van der Waals surface area contributed by atoms with Gasteiger partial charge in [-0.25, -0.2) is 0 Å². The molecule has 2 aromatic rings. The molecule has 0 saturated carbocycles. The van der Waals surface area contributed by atoms with E-state index in [-0.39, 0.29) is 12.2 Å². The number of nitro groups is 1. The number of carbonyl (C=O) groups excluding carboxylic acids is 3. The summed E-state index contributed by atoms with van der Waals surface area (Å²) in [7, 11) is 0. The molecule has 0 spiro atoms. The molecule has 2 rings (SSSR count). The maximum Gasteiger partial charge on any atom is 0.326 e. The lowest BCUT2D eigenvalue weighted by Crippen LogP contribution is -2.31. The summed E-state index contributed by atoms with van der Waals surface area (Å²) in [6.45, 7) is 0.858. The van der Waals surface area contributed by atoms with Crippen molar-refractivity contribution in [3.63, 3.8) is 0 Å². The van der Waals surface area contributed by atoms with Crippen molar-refractivity contribution in [3.05, 3.63) is 75.8 Å². The van der Waals surface area contributed by atoms with Gasteiger partial charge in [0.2, 0.25) is 11.7 Å². The number of rotatable bonds is 7. The highest BCUT2D eigenvalue weighted by atomic mass is 16.6. The first-order valence-corrected chi connectivity index (χ1v) is 7.66. The van der Waals surface area contributed by atoms with Gasteiger partial charge in [0.15, 0.2) is 6.10 Å². The fourth-order valence-electron chi connectivity index (χ4n) is 2.17. The number of nitro benzene ring substituents is 1. The number of Topliss-reactive ketones (excluding diaryl/α,β-unsaturated/α-hetero) is 1. The van der Waals surface area contributed by atoms with Crippen molar-refractivity contribution in [2.24, 2.45) is 0 Å². The Balaban J connectivity index is 2.28.